The second-order valence-electron chi connectivity index (χ2n) is 6.74. The van der Waals surface area contributed by atoms with Crippen molar-refractivity contribution in [1.82, 2.24) is 4.98 Å². The Kier molecular flexibility index (Phi) is 6.68. The van der Waals surface area contributed by atoms with E-state index in [-0.39, 0.29) is 12.0 Å². The second-order valence-corrected chi connectivity index (χ2v) is 6.74. The largest absolute Gasteiger partial charge is 0.496 e. The molecule has 0 unspecified atom stereocenters. The van der Waals surface area contributed by atoms with Crippen molar-refractivity contribution in [2.45, 2.75) is 26.5 Å². The van der Waals surface area contributed by atoms with Gasteiger partial charge in [0, 0.05) is 29.7 Å². The van der Waals surface area contributed by atoms with Gasteiger partial charge in [-0.25, -0.2) is 0 Å². The van der Waals surface area contributed by atoms with Crippen molar-refractivity contribution in [1.29, 1.82) is 0 Å². The van der Waals surface area contributed by atoms with Gasteiger partial charge in [-0.2, -0.15) is 0 Å². The van der Waals surface area contributed by atoms with Gasteiger partial charge in [-0.05, 0) is 56.3 Å². The van der Waals surface area contributed by atoms with Crippen LogP contribution in [0, 0.1) is 0 Å². The molecule has 1 heterocycles. The molecule has 2 aromatic carbocycles. The van der Waals surface area contributed by atoms with Gasteiger partial charge in [-0.3, -0.25) is 9.78 Å². The van der Waals surface area contributed by atoms with Gasteiger partial charge in [0.2, 0.25) is 0 Å². The van der Waals surface area contributed by atoms with Gasteiger partial charge in [0.1, 0.15) is 17.2 Å². The number of ether oxygens (including phenoxy) is 2. The molecule has 6 heteroatoms. The minimum atomic E-state index is -0.275. The van der Waals surface area contributed by atoms with E-state index in [1.54, 1.807) is 31.5 Å². The minimum Gasteiger partial charge on any atom is -0.496 e. The molecule has 0 fully saturated rings. The fourth-order valence-corrected chi connectivity index (χ4v) is 2.80. The number of aromatic nitrogens is 1. The van der Waals surface area contributed by atoms with Gasteiger partial charge < -0.3 is 20.1 Å². The van der Waals surface area contributed by atoms with Gasteiger partial charge in [0.05, 0.1) is 13.2 Å². The van der Waals surface area contributed by atoms with Crippen LogP contribution in [0.15, 0.2) is 66.9 Å². The zero-order chi connectivity index (χ0) is 20.6. The molecular formula is C23H25N3O3. The Morgan fingerprint density at radius 3 is 2.52 bits per heavy atom. The van der Waals surface area contributed by atoms with Crippen molar-refractivity contribution in [2.24, 2.45) is 0 Å². The zero-order valence-electron chi connectivity index (χ0n) is 16.8. The van der Waals surface area contributed by atoms with Crippen molar-refractivity contribution in [3.63, 3.8) is 0 Å². The number of amides is 1. The number of carbonyl (C=O) groups excluding carboxylic acids is 1. The SMILES string of the molecule is COc1ccccc1CNc1ccnc(C(=O)Nc2ccc(OC(C)C)cc2)c1. The third-order valence-electron chi connectivity index (χ3n) is 4.15. The summed E-state index contributed by atoms with van der Waals surface area (Å²) in [5.41, 5.74) is 2.84. The molecule has 0 aliphatic rings. The summed E-state index contributed by atoms with van der Waals surface area (Å²) in [6.07, 6.45) is 1.71. The summed E-state index contributed by atoms with van der Waals surface area (Å²) in [6.45, 7) is 4.51. The van der Waals surface area contributed by atoms with Crippen molar-refractivity contribution in [2.75, 3.05) is 17.7 Å². The first kappa shape index (κ1) is 20.2. The van der Waals surface area contributed by atoms with Crippen LogP contribution < -0.4 is 20.1 Å². The fraction of sp³-hybridized carbons (Fsp3) is 0.217. The van der Waals surface area contributed by atoms with E-state index >= 15 is 0 Å². The van der Waals surface area contributed by atoms with Crippen LogP contribution in [0.1, 0.15) is 29.9 Å². The predicted molar refractivity (Wildman–Crippen MR) is 115 cm³/mol. The van der Waals surface area contributed by atoms with Crippen molar-refractivity contribution < 1.29 is 14.3 Å². The highest BCUT2D eigenvalue weighted by atomic mass is 16.5. The minimum absolute atomic E-state index is 0.103. The second kappa shape index (κ2) is 9.59. The Labute approximate surface area is 170 Å². The number of nitrogens with one attached hydrogen (secondary N) is 2. The first-order valence-corrected chi connectivity index (χ1v) is 9.45. The maximum atomic E-state index is 12.6. The van der Waals surface area contributed by atoms with Crippen LogP contribution in [-0.2, 0) is 6.54 Å². The number of hydrogen-bond acceptors (Lipinski definition) is 5. The van der Waals surface area contributed by atoms with Gasteiger partial charge >= 0.3 is 0 Å². The predicted octanol–water partition coefficient (Wildman–Crippen LogP) is 4.74. The lowest BCUT2D eigenvalue weighted by Crippen LogP contribution is -2.14. The van der Waals surface area contributed by atoms with E-state index in [1.807, 2.05) is 56.3 Å². The van der Waals surface area contributed by atoms with Crippen molar-refractivity contribution >= 4 is 17.3 Å². The quantitative estimate of drug-likeness (QED) is 0.580. The number of nitrogens with zero attached hydrogens (tertiary/aromatic N) is 1. The summed E-state index contributed by atoms with van der Waals surface area (Å²) in [5.74, 6) is 1.30. The average Bonchev–Trinajstić information content (AvgIpc) is 2.73. The van der Waals surface area contributed by atoms with Crippen LogP contribution in [0.5, 0.6) is 11.5 Å². The van der Waals surface area contributed by atoms with E-state index in [0.717, 1.165) is 22.7 Å². The van der Waals surface area contributed by atoms with E-state index < -0.39 is 0 Å². The molecule has 0 saturated heterocycles. The molecule has 0 atom stereocenters. The number of anilines is 2. The monoisotopic (exact) mass is 391 g/mol. The summed E-state index contributed by atoms with van der Waals surface area (Å²) in [4.78, 5) is 16.7. The molecule has 3 rings (SSSR count). The Morgan fingerprint density at radius 1 is 1.03 bits per heavy atom. The Balaban J connectivity index is 1.63. The molecule has 0 radical (unpaired) electrons. The summed E-state index contributed by atoms with van der Waals surface area (Å²) in [7, 11) is 1.65. The summed E-state index contributed by atoms with van der Waals surface area (Å²) >= 11 is 0. The molecule has 3 aromatic rings. The third kappa shape index (κ3) is 5.72. The number of benzene rings is 2. The number of para-hydroxylation sites is 1. The zero-order valence-corrected chi connectivity index (χ0v) is 16.8. The third-order valence-corrected chi connectivity index (χ3v) is 4.15. The summed E-state index contributed by atoms with van der Waals surface area (Å²) in [5, 5.41) is 6.16. The molecule has 0 bridgehead atoms. The molecule has 150 valence electrons. The number of rotatable bonds is 8. The molecule has 0 aliphatic carbocycles. The van der Waals surface area contributed by atoms with Crippen molar-refractivity contribution in [3.05, 3.63) is 78.1 Å². The van der Waals surface area contributed by atoms with Crippen LogP contribution >= 0.6 is 0 Å². The van der Waals surface area contributed by atoms with E-state index in [9.17, 15) is 4.79 Å². The lowest BCUT2D eigenvalue weighted by Gasteiger charge is -2.12. The van der Waals surface area contributed by atoms with E-state index in [2.05, 4.69) is 15.6 Å². The van der Waals surface area contributed by atoms with Crippen LogP contribution in [0.4, 0.5) is 11.4 Å². The standard InChI is InChI=1S/C23H25N3O3/c1-16(2)29-20-10-8-18(9-11-20)26-23(27)21-14-19(12-13-24-21)25-15-17-6-4-5-7-22(17)28-3/h4-14,16H,15H2,1-3H3,(H,24,25)(H,26,27). The lowest BCUT2D eigenvalue weighted by atomic mass is 10.2. The molecule has 0 aliphatic heterocycles. The molecule has 0 spiro atoms. The van der Waals surface area contributed by atoms with Crippen LogP contribution in [-0.4, -0.2) is 24.1 Å². The fourth-order valence-electron chi connectivity index (χ4n) is 2.80. The van der Waals surface area contributed by atoms with Crippen LogP contribution in [0.3, 0.4) is 0 Å². The number of hydrogen-bond donors (Lipinski definition) is 2. The maximum absolute atomic E-state index is 12.6. The van der Waals surface area contributed by atoms with Gasteiger partial charge in [-0.15, -0.1) is 0 Å². The highest BCUT2D eigenvalue weighted by Gasteiger charge is 2.09. The van der Waals surface area contributed by atoms with E-state index in [0.29, 0.717) is 17.9 Å². The van der Waals surface area contributed by atoms with Crippen LogP contribution in [0.2, 0.25) is 0 Å². The van der Waals surface area contributed by atoms with Gasteiger partial charge in [0.15, 0.2) is 0 Å². The van der Waals surface area contributed by atoms with Gasteiger partial charge in [-0.1, -0.05) is 18.2 Å². The maximum Gasteiger partial charge on any atom is 0.274 e. The first-order chi connectivity index (χ1) is 14.0. The Hall–Kier alpha value is -3.54. The van der Waals surface area contributed by atoms with E-state index in [4.69, 9.17) is 9.47 Å². The molecule has 1 amide bonds. The number of pyridine rings is 1. The smallest absolute Gasteiger partial charge is 0.274 e. The first-order valence-electron chi connectivity index (χ1n) is 9.45. The molecule has 6 nitrogen and oxygen atoms in total. The van der Waals surface area contributed by atoms with Gasteiger partial charge in [0.25, 0.3) is 5.91 Å². The van der Waals surface area contributed by atoms with Crippen molar-refractivity contribution in [3.8, 4) is 11.5 Å². The highest BCUT2D eigenvalue weighted by molar-refractivity contribution is 6.03. The van der Waals surface area contributed by atoms with Crippen LogP contribution in [0.25, 0.3) is 0 Å². The number of carbonyl (C=O) groups is 1. The molecule has 1 aromatic heterocycles. The molecular weight excluding hydrogens is 366 g/mol. The molecule has 0 saturated carbocycles. The topological polar surface area (TPSA) is 72.5 Å². The normalized spacial score (nSPS) is 10.5. The molecule has 2 N–H and O–H groups in total. The average molecular weight is 391 g/mol. The highest BCUT2D eigenvalue weighted by Crippen LogP contribution is 2.20. The van der Waals surface area contributed by atoms with E-state index in [1.165, 1.54) is 0 Å². The summed E-state index contributed by atoms with van der Waals surface area (Å²) in [6, 6.07) is 18.6. The Bertz CT molecular complexity index is 956. The summed E-state index contributed by atoms with van der Waals surface area (Å²) < 4.78 is 11.0. The lowest BCUT2D eigenvalue weighted by molar-refractivity contribution is 0.102. The molecule has 29 heavy (non-hydrogen) atoms. The number of methoxy groups -OCH3 is 1. The Morgan fingerprint density at radius 2 is 1.79 bits per heavy atom.